The van der Waals surface area contributed by atoms with Gasteiger partial charge in [0.25, 0.3) is 0 Å². The third-order valence-electron chi connectivity index (χ3n) is 5.29. The first-order valence-electron chi connectivity index (χ1n) is 9.13. The van der Waals surface area contributed by atoms with Crippen molar-refractivity contribution < 1.29 is 14.3 Å². The molecule has 1 saturated carbocycles. The van der Waals surface area contributed by atoms with Gasteiger partial charge in [-0.25, -0.2) is 0 Å². The summed E-state index contributed by atoms with van der Waals surface area (Å²) in [5.41, 5.74) is 0.993. The third kappa shape index (κ3) is 4.93. The summed E-state index contributed by atoms with van der Waals surface area (Å²) in [5, 5.41) is 0. The Morgan fingerprint density at radius 1 is 1.17 bits per heavy atom. The molecule has 0 bridgehead atoms. The van der Waals surface area contributed by atoms with Crippen molar-refractivity contribution in [1.29, 1.82) is 0 Å². The third-order valence-corrected chi connectivity index (χ3v) is 5.29. The molecular formula is C21H30O3. The molecule has 0 radical (unpaired) electrons. The zero-order chi connectivity index (χ0) is 17.7. The Morgan fingerprint density at radius 3 is 2.42 bits per heavy atom. The number of hydrogen-bond acceptors (Lipinski definition) is 3. The molecule has 24 heavy (non-hydrogen) atoms. The van der Waals surface area contributed by atoms with Crippen molar-refractivity contribution >= 4 is 11.8 Å². The summed E-state index contributed by atoms with van der Waals surface area (Å²) in [4.78, 5) is 24.7. The molecule has 0 heterocycles. The van der Waals surface area contributed by atoms with Crippen LogP contribution in [0.15, 0.2) is 30.3 Å². The topological polar surface area (TPSA) is 43.4 Å². The van der Waals surface area contributed by atoms with E-state index in [-0.39, 0.29) is 17.9 Å². The molecule has 0 amide bonds. The standard InChI is InChI=1S/C21H30O3/c1-14(2)18-11-10-15(3)12-20(18)24-21(23)19(16(4)22)13-17-8-6-5-7-9-17/h5-9,14-15,18-20H,10-13H2,1-4H3/t15-,18+,19+,20-/m1/s1. The quantitative estimate of drug-likeness (QED) is 0.572. The van der Waals surface area contributed by atoms with E-state index in [1.54, 1.807) is 0 Å². The van der Waals surface area contributed by atoms with Gasteiger partial charge < -0.3 is 4.74 Å². The van der Waals surface area contributed by atoms with E-state index in [9.17, 15) is 9.59 Å². The Hall–Kier alpha value is -1.64. The van der Waals surface area contributed by atoms with Crippen LogP contribution in [0.5, 0.6) is 0 Å². The van der Waals surface area contributed by atoms with Gasteiger partial charge in [-0.1, -0.05) is 57.5 Å². The molecule has 2 rings (SSSR count). The van der Waals surface area contributed by atoms with Crippen LogP contribution >= 0.6 is 0 Å². The van der Waals surface area contributed by atoms with Crippen LogP contribution in [-0.2, 0) is 20.7 Å². The van der Waals surface area contributed by atoms with E-state index in [2.05, 4.69) is 20.8 Å². The maximum Gasteiger partial charge on any atom is 0.317 e. The summed E-state index contributed by atoms with van der Waals surface area (Å²) in [6.07, 6.45) is 3.56. The van der Waals surface area contributed by atoms with E-state index in [1.165, 1.54) is 13.3 Å². The fourth-order valence-electron chi connectivity index (χ4n) is 3.72. The summed E-state index contributed by atoms with van der Waals surface area (Å²) >= 11 is 0. The minimum atomic E-state index is -0.697. The number of carbonyl (C=O) groups is 2. The predicted molar refractivity (Wildman–Crippen MR) is 95.5 cm³/mol. The minimum absolute atomic E-state index is 0.0566. The zero-order valence-corrected chi connectivity index (χ0v) is 15.3. The second kappa shape index (κ2) is 8.46. The van der Waals surface area contributed by atoms with Crippen molar-refractivity contribution in [1.82, 2.24) is 0 Å². The molecule has 0 aliphatic heterocycles. The number of ketones is 1. The molecule has 1 fully saturated rings. The van der Waals surface area contributed by atoms with Crippen molar-refractivity contribution in [3.8, 4) is 0 Å². The number of rotatable bonds is 6. The van der Waals surface area contributed by atoms with E-state index < -0.39 is 5.92 Å². The molecule has 1 aromatic rings. The Balaban J connectivity index is 2.07. The van der Waals surface area contributed by atoms with E-state index in [0.29, 0.717) is 24.2 Å². The minimum Gasteiger partial charge on any atom is -0.462 e. The predicted octanol–water partition coefficient (Wildman–Crippen LogP) is 4.44. The van der Waals surface area contributed by atoms with Crippen LogP contribution < -0.4 is 0 Å². The molecule has 0 spiro atoms. The van der Waals surface area contributed by atoms with E-state index in [1.807, 2.05) is 30.3 Å². The molecule has 0 aromatic heterocycles. The second-order valence-corrected chi connectivity index (χ2v) is 7.65. The number of carbonyl (C=O) groups excluding carboxylic acids is 2. The van der Waals surface area contributed by atoms with Gasteiger partial charge in [-0.3, -0.25) is 9.59 Å². The molecule has 0 N–H and O–H groups in total. The fourth-order valence-corrected chi connectivity index (χ4v) is 3.72. The van der Waals surface area contributed by atoms with E-state index in [0.717, 1.165) is 18.4 Å². The first-order valence-corrected chi connectivity index (χ1v) is 9.13. The lowest BCUT2D eigenvalue weighted by atomic mass is 9.75. The van der Waals surface area contributed by atoms with Gasteiger partial charge in [0.15, 0.2) is 0 Å². The molecule has 0 saturated heterocycles. The number of Topliss-reactive ketones (excluding diaryl/α,β-unsaturated/α-hetero) is 1. The average Bonchev–Trinajstić information content (AvgIpc) is 2.53. The summed E-state index contributed by atoms with van der Waals surface area (Å²) in [7, 11) is 0. The Kier molecular flexibility index (Phi) is 6.59. The highest BCUT2D eigenvalue weighted by molar-refractivity contribution is 5.98. The van der Waals surface area contributed by atoms with Gasteiger partial charge >= 0.3 is 5.97 Å². The van der Waals surface area contributed by atoms with Gasteiger partial charge in [0.1, 0.15) is 17.8 Å². The SMILES string of the molecule is CC(=O)[C@H](Cc1ccccc1)C(=O)O[C@@H]1C[C@H](C)CC[C@H]1C(C)C. The Bertz CT molecular complexity index is 549. The number of hydrogen-bond donors (Lipinski definition) is 0. The van der Waals surface area contributed by atoms with Gasteiger partial charge in [-0.2, -0.15) is 0 Å². The summed E-state index contributed by atoms with van der Waals surface area (Å²) < 4.78 is 5.87. The molecule has 1 aliphatic carbocycles. The van der Waals surface area contributed by atoms with Gasteiger partial charge in [0.05, 0.1) is 0 Å². The Labute approximate surface area is 145 Å². The molecule has 3 nitrogen and oxygen atoms in total. The summed E-state index contributed by atoms with van der Waals surface area (Å²) in [6.45, 7) is 8.07. The van der Waals surface area contributed by atoms with Crippen molar-refractivity contribution in [2.75, 3.05) is 0 Å². The molecule has 3 heteroatoms. The average molecular weight is 330 g/mol. The van der Waals surface area contributed by atoms with Crippen molar-refractivity contribution in [2.24, 2.45) is 23.7 Å². The first kappa shape index (κ1) is 18.7. The highest BCUT2D eigenvalue weighted by atomic mass is 16.5. The van der Waals surface area contributed by atoms with Gasteiger partial charge in [-0.15, -0.1) is 0 Å². The van der Waals surface area contributed by atoms with Crippen LogP contribution in [0.25, 0.3) is 0 Å². The molecule has 4 atom stereocenters. The molecular weight excluding hydrogens is 300 g/mol. The lowest BCUT2D eigenvalue weighted by Crippen LogP contribution is -2.38. The fraction of sp³-hybridized carbons (Fsp3) is 0.619. The molecule has 0 unspecified atom stereocenters. The van der Waals surface area contributed by atoms with Crippen LogP contribution in [0.4, 0.5) is 0 Å². The van der Waals surface area contributed by atoms with Crippen LogP contribution in [0.3, 0.4) is 0 Å². The highest BCUT2D eigenvalue weighted by Gasteiger charge is 2.35. The highest BCUT2D eigenvalue weighted by Crippen LogP contribution is 2.35. The second-order valence-electron chi connectivity index (χ2n) is 7.65. The smallest absolute Gasteiger partial charge is 0.317 e. The van der Waals surface area contributed by atoms with Crippen LogP contribution in [0, 0.1) is 23.7 Å². The largest absolute Gasteiger partial charge is 0.462 e. The maximum atomic E-state index is 12.7. The molecule has 132 valence electrons. The van der Waals surface area contributed by atoms with Gasteiger partial charge in [0, 0.05) is 0 Å². The first-order chi connectivity index (χ1) is 11.4. The Morgan fingerprint density at radius 2 is 1.83 bits per heavy atom. The van der Waals surface area contributed by atoms with Crippen LogP contribution in [0.1, 0.15) is 52.5 Å². The lowest BCUT2D eigenvalue weighted by Gasteiger charge is -2.37. The van der Waals surface area contributed by atoms with Gasteiger partial charge in [0.2, 0.25) is 0 Å². The van der Waals surface area contributed by atoms with Gasteiger partial charge in [-0.05, 0) is 49.5 Å². The van der Waals surface area contributed by atoms with Crippen molar-refractivity contribution in [3.05, 3.63) is 35.9 Å². The van der Waals surface area contributed by atoms with E-state index in [4.69, 9.17) is 4.74 Å². The monoisotopic (exact) mass is 330 g/mol. The van der Waals surface area contributed by atoms with Crippen molar-refractivity contribution in [3.63, 3.8) is 0 Å². The molecule has 1 aliphatic rings. The maximum absolute atomic E-state index is 12.7. The molecule has 1 aromatic carbocycles. The summed E-state index contributed by atoms with van der Waals surface area (Å²) in [5.74, 6) is 0.291. The number of benzene rings is 1. The lowest BCUT2D eigenvalue weighted by molar-refractivity contribution is -0.162. The van der Waals surface area contributed by atoms with E-state index >= 15 is 0 Å². The zero-order valence-electron chi connectivity index (χ0n) is 15.3. The number of ether oxygens (including phenoxy) is 1. The van der Waals surface area contributed by atoms with Crippen LogP contribution in [-0.4, -0.2) is 17.9 Å². The summed E-state index contributed by atoms with van der Waals surface area (Å²) in [6, 6.07) is 9.68. The van der Waals surface area contributed by atoms with Crippen LogP contribution in [0.2, 0.25) is 0 Å². The normalized spacial score (nSPS) is 25.3. The van der Waals surface area contributed by atoms with Crippen molar-refractivity contribution in [2.45, 2.75) is 59.5 Å². The number of esters is 1.